The van der Waals surface area contributed by atoms with Gasteiger partial charge in [-0.1, -0.05) is 87.7 Å². The lowest BCUT2D eigenvalue weighted by Gasteiger charge is -2.34. The standard InChI is InChI=1S/C53H62BrN9O4S/c1-32(34-14-16-36(17-15-34)46-33(2)55-31-68-46)56-48(65)44-28-39(64)30-61(44)50(67)47(52(3,4)5)62-29-38(58-59-62)11-10-24-60-25-20-35(21-26-60)37-18-19-40-43(27-37)63-42-13-9-12-41(54)45(42)49(66)57-51(63)53(40)22-7-6-8-23-53/h9,12-19,27,29,31-32,35,39,44,47,64H,6-8,10-11,20-26,28,30H2,1-5H3,(H,56,65)/t32-,39+,44-,47+/m0/s1. The van der Waals surface area contributed by atoms with E-state index in [0.29, 0.717) is 11.3 Å². The molecule has 1 saturated carbocycles. The molecule has 4 atom stereocenters. The number of benzene rings is 3. The maximum Gasteiger partial charge on any atom is 0.281 e. The van der Waals surface area contributed by atoms with Gasteiger partial charge < -0.3 is 20.2 Å². The van der Waals surface area contributed by atoms with Crippen molar-refractivity contribution in [2.45, 2.75) is 134 Å². The van der Waals surface area contributed by atoms with Crippen molar-refractivity contribution < 1.29 is 14.7 Å². The summed E-state index contributed by atoms with van der Waals surface area (Å²) in [6, 6.07) is 19.4. The molecular formula is C53H62BrN9O4S. The first-order valence-electron chi connectivity index (χ1n) is 24.5. The van der Waals surface area contributed by atoms with Crippen molar-refractivity contribution in [2.24, 2.45) is 5.41 Å². The highest BCUT2D eigenvalue weighted by Crippen LogP contribution is 2.52. The first-order valence-corrected chi connectivity index (χ1v) is 26.2. The molecular weight excluding hydrogens is 939 g/mol. The van der Waals surface area contributed by atoms with Crippen LogP contribution in [0.15, 0.2) is 81.6 Å². The van der Waals surface area contributed by atoms with E-state index in [4.69, 9.17) is 4.98 Å². The Morgan fingerprint density at radius 3 is 2.51 bits per heavy atom. The van der Waals surface area contributed by atoms with Gasteiger partial charge in [0.2, 0.25) is 11.8 Å². The van der Waals surface area contributed by atoms with Gasteiger partial charge in [-0.3, -0.25) is 19.0 Å². The Hall–Kier alpha value is -5.09. The van der Waals surface area contributed by atoms with Gasteiger partial charge >= 0.3 is 0 Å². The Morgan fingerprint density at radius 1 is 1.03 bits per heavy atom. The van der Waals surface area contributed by atoms with Crippen molar-refractivity contribution in [1.29, 1.82) is 0 Å². The molecule has 0 bridgehead atoms. The zero-order valence-electron chi connectivity index (χ0n) is 39.8. The minimum Gasteiger partial charge on any atom is -0.391 e. The molecule has 2 saturated heterocycles. The molecule has 0 unspecified atom stereocenters. The van der Waals surface area contributed by atoms with E-state index in [-0.39, 0.29) is 41.8 Å². The molecule has 0 radical (unpaired) electrons. The van der Waals surface area contributed by atoms with Crippen molar-refractivity contribution in [1.82, 2.24) is 44.6 Å². The Kier molecular flexibility index (Phi) is 12.8. The molecule has 10 rings (SSSR count). The van der Waals surface area contributed by atoms with Crippen molar-refractivity contribution in [3.8, 4) is 16.1 Å². The van der Waals surface area contributed by atoms with E-state index in [1.54, 1.807) is 20.9 Å². The van der Waals surface area contributed by atoms with Crippen LogP contribution in [0.3, 0.4) is 0 Å². The lowest BCUT2D eigenvalue weighted by atomic mass is 9.69. The molecule has 68 heavy (non-hydrogen) atoms. The molecule has 2 amide bonds. The fourth-order valence-electron chi connectivity index (χ4n) is 11.7. The number of piperidine rings is 1. The molecule has 3 aromatic heterocycles. The normalized spacial score (nSPS) is 20.4. The van der Waals surface area contributed by atoms with Gasteiger partial charge in [0.15, 0.2) is 0 Å². The average Bonchev–Trinajstić information content (AvgIpc) is 4.12. The first kappa shape index (κ1) is 46.6. The molecule has 1 aliphatic carbocycles. The van der Waals surface area contributed by atoms with Crippen LogP contribution in [0.2, 0.25) is 0 Å². The lowest BCUT2D eigenvalue weighted by Crippen LogP contribution is -2.50. The number of rotatable bonds is 11. The van der Waals surface area contributed by atoms with Crippen molar-refractivity contribution >= 4 is 50.0 Å². The zero-order valence-corrected chi connectivity index (χ0v) is 42.2. The van der Waals surface area contributed by atoms with Crippen molar-refractivity contribution in [3.05, 3.63) is 121 Å². The third-order valence-electron chi connectivity index (χ3n) is 15.3. The van der Waals surface area contributed by atoms with Crippen molar-refractivity contribution in [2.75, 3.05) is 26.2 Å². The van der Waals surface area contributed by atoms with E-state index in [0.717, 1.165) is 114 Å². The number of β-amino-alcohol motifs (C(OH)–C–C–N with tert-alkyl or cyclic N) is 1. The molecule has 356 valence electrons. The van der Waals surface area contributed by atoms with E-state index >= 15 is 0 Å². The smallest absolute Gasteiger partial charge is 0.281 e. The molecule has 3 aromatic carbocycles. The summed E-state index contributed by atoms with van der Waals surface area (Å²) < 4.78 is 4.75. The van der Waals surface area contributed by atoms with Crippen LogP contribution in [0.25, 0.3) is 27.0 Å². The zero-order chi connectivity index (χ0) is 47.5. The second-order valence-electron chi connectivity index (χ2n) is 20.8. The largest absolute Gasteiger partial charge is 0.391 e. The van der Waals surface area contributed by atoms with Gasteiger partial charge in [-0.05, 0) is 140 Å². The van der Waals surface area contributed by atoms with Gasteiger partial charge in [-0.25, -0.2) is 9.67 Å². The molecule has 2 N–H and O–H groups in total. The fraction of sp³-hybridized carbons (Fsp3) is 0.491. The van der Waals surface area contributed by atoms with Crippen LogP contribution in [0.5, 0.6) is 0 Å². The van der Waals surface area contributed by atoms with Crippen LogP contribution in [-0.2, 0) is 21.4 Å². The molecule has 15 heteroatoms. The average molecular weight is 1000 g/mol. The number of aliphatic hydroxyl groups is 1. The Labute approximate surface area is 410 Å². The quantitative estimate of drug-likeness (QED) is 0.130. The summed E-state index contributed by atoms with van der Waals surface area (Å²) in [4.78, 5) is 56.3. The highest BCUT2D eigenvalue weighted by atomic mass is 79.9. The summed E-state index contributed by atoms with van der Waals surface area (Å²) in [5.41, 5.74) is 9.57. The number of carbonyl (C=O) groups excluding carboxylic acids is 2. The number of aliphatic hydroxyl groups excluding tert-OH is 1. The summed E-state index contributed by atoms with van der Waals surface area (Å²) in [5.74, 6) is 0.828. The summed E-state index contributed by atoms with van der Waals surface area (Å²) in [6.45, 7) is 13.0. The van der Waals surface area contributed by atoms with Crippen LogP contribution in [0.4, 0.5) is 0 Å². The highest BCUT2D eigenvalue weighted by molar-refractivity contribution is 9.10. The third kappa shape index (κ3) is 8.66. The van der Waals surface area contributed by atoms with E-state index in [9.17, 15) is 19.5 Å². The highest BCUT2D eigenvalue weighted by Gasteiger charge is 2.48. The number of carbonyl (C=O) groups is 2. The number of hydrogen-bond donors (Lipinski definition) is 2. The van der Waals surface area contributed by atoms with Crippen LogP contribution in [0, 0.1) is 12.3 Å². The van der Waals surface area contributed by atoms with E-state index in [1.807, 2.05) is 82.7 Å². The number of likely N-dealkylation sites (tertiary alicyclic amines) is 2. The van der Waals surface area contributed by atoms with Crippen molar-refractivity contribution in [3.63, 3.8) is 0 Å². The second kappa shape index (κ2) is 18.7. The Bertz CT molecular complexity index is 2910. The summed E-state index contributed by atoms with van der Waals surface area (Å²) in [7, 11) is 0. The third-order valence-corrected chi connectivity index (χ3v) is 16.9. The predicted octanol–water partition coefficient (Wildman–Crippen LogP) is 8.97. The Morgan fingerprint density at radius 2 is 1.79 bits per heavy atom. The maximum absolute atomic E-state index is 14.5. The van der Waals surface area contributed by atoms with Gasteiger partial charge in [0.05, 0.1) is 55.9 Å². The summed E-state index contributed by atoms with van der Waals surface area (Å²) in [6.07, 6.45) is 10.6. The number of thiazole rings is 1. The molecule has 13 nitrogen and oxygen atoms in total. The predicted molar refractivity (Wildman–Crippen MR) is 269 cm³/mol. The van der Waals surface area contributed by atoms with Crippen LogP contribution in [-0.4, -0.2) is 94.6 Å². The molecule has 6 aromatic rings. The van der Waals surface area contributed by atoms with Crippen LogP contribution >= 0.6 is 27.3 Å². The summed E-state index contributed by atoms with van der Waals surface area (Å²) in [5, 5.41) is 23.6. The fourth-order valence-corrected chi connectivity index (χ4v) is 13.1. The summed E-state index contributed by atoms with van der Waals surface area (Å²) >= 11 is 5.25. The van der Waals surface area contributed by atoms with Gasteiger partial charge in [0.1, 0.15) is 17.9 Å². The van der Waals surface area contributed by atoms with Gasteiger partial charge in [0.25, 0.3) is 5.56 Å². The van der Waals surface area contributed by atoms with Gasteiger partial charge in [-0.2, -0.15) is 4.98 Å². The van der Waals surface area contributed by atoms with Gasteiger partial charge in [-0.15, -0.1) is 16.4 Å². The number of nitrogens with one attached hydrogen (secondary N) is 1. The lowest BCUT2D eigenvalue weighted by molar-refractivity contribution is -0.144. The number of aryl methyl sites for hydroxylation is 2. The minimum absolute atomic E-state index is 0.0786. The van der Waals surface area contributed by atoms with Crippen LogP contribution in [0.1, 0.15) is 137 Å². The number of nitrogens with zero attached hydrogens (tertiary/aromatic N) is 8. The SMILES string of the molecule is Cc1ncsc1-c1ccc([C@H](C)NC(=O)[C@@H]2C[C@@H](O)CN2C(=O)[C@@H](n2cc(CCCN3CCC(c4ccc5c(c4)-n4c(nc(=O)c6c(Br)cccc64)C54CCCCC4)CC3)nn2)C(C)(C)C)cc1. The minimum atomic E-state index is -0.809. The van der Waals surface area contributed by atoms with E-state index < -0.39 is 23.6 Å². The van der Waals surface area contributed by atoms with Gasteiger partial charge in [0, 0.05) is 23.6 Å². The number of hydrogen-bond acceptors (Lipinski definition) is 10. The topological polar surface area (TPSA) is 151 Å². The molecule has 3 fully saturated rings. The number of amides is 2. The Balaban J connectivity index is 0.762. The molecule has 6 heterocycles. The monoisotopic (exact) mass is 999 g/mol. The number of halogens is 1. The van der Waals surface area contributed by atoms with E-state index in [1.165, 1.54) is 23.2 Å². The number of fused-ring (bicyclic) bond motifs is 7. The molecule has 3 aliphatic heterocycles. The van der Waals surface area contributed by atoms with E-state index in [2.05, 4.69) is 70.3 Å². The first-order chi connectivity index (χ1) is 32.7. The molecule has 1 spiro atoms. The molecule has 4 aliphatic rings. The number of aromatic nitrogens is 6. The second-order valence-corrected chi connectivity index (χ2v) is 22.5. The maximum atomic E-state index is 14.5. The van der Waals surface area contributed by atoms with Crippen LogP contribution < -0.4 is 10.9 Å².